The fourth-order valence-electron chi connectivity index (χ4n) is 1.96. The molecule has 0 amide bonds. The zero-order chi connectivity index (χ0) is 10.6. The minimum Gasteiger partial charge on any atom is -0.290 e. The average molecular weight is 216 g/mol. The number of rotatable bonds is 3. The van der Waals surface area contributed by atoms with Crippen LogP contribution in [0.3, 0.4) is 0 Å². The summed E-state index contributed by atoms with van der Waals surface area (Å²) in [5, 5.41) is 8.53. The van der Waals surface area contributed by atoms with Crippen LogP contribution < -0.4 is 0 Å². The highest BCUT2D eigenvalue weighted by molar-refractivity contribution is 7.90. The highest BCUT2D eigenvalue weighted by Crippen LogP contribution is 2.17. The molecule has 0 saturated carbocycles. The normalized spacial score (nSPS) is 24.4. The minimum atomic E-state index is -2.87. The Morgan fingerprint density at radius 3 is 2.86 bits per heavy atom. The number of hydrogen-bond donors (Lipinski definition) is 0. The number of sulfone groups is 1. The molecule has 0 spiro atoms. The van der Waals surface area contributed by atoms with Crippen molar-refractivity contribution in [3.8, 4) is 6.07 Å². The van der Waals surface area contributed by atoms with Gasteiger partial charge in [-0.1, -0.05) is 0 Å². The molecule has 0 aromatic heterocycles. The van der Waals surface area contributed by atoms with Crippen LogP contribution >= 0.6 is 0 Å². The lowest BCUT2D eigenvalue weighted by molar-refractivity contribution is 0.205. The van der Waals surface area contributed by atoms with Gasteiger partial charge in [-0.3, -0.25) is 4.90 Å². The highest BCUT2D eigenvalue weighted by atomic mass is 32.2. The SMILES string of the molecule is CS(=O)(=O)CC1CCCN(CC#N)C1. The maximum absolute atomic E-state index is 11.1. The number of piperidine rings is 1. The summed E-state index contributed by atoms with van der Waals surface area (Å²) in [6.45, 7) is 2.09. The van der Waals surface area contributed by atoms with Crippen LogP contribution in [0, 0.1) is 17.2 Å². The van der Waals surface area contributed by atoms with Crippen LogP contribution in [0.2, 0.25) is 0 Å². The van der Waals surface area contributed by atoms with Crippen LogP contribution in [0.1, 0.15) is 12.8 Å². The Morgan fingerprint density at radius 1 is 1.57 bits per heavy atom. The maximum Gasteiger partial charge on any atom is 0.147 e. The van der Waals surface area contributed by atoms with Crippen molar-refractivity contribution in [2.24, 2.45) is 5.92 Å². The van der Waals surface area contributed by atoms with Crippen LogP contribution in [0.15, 0.2) is 0 Å². The Balaban J connectivity index is 2.45. The largest absolute Gasteiger partial charge is 0.290 e. The Bertz CT molecular complexity index is 318. The Kier molecular flexibility index (Phi) is 3.90. The third-order valence-corrected chi connectivity index (χ3v) is 3.51. The molecule has 0 N–H and O–H groups in total. The van der Waals surface area contributed by atoms with Gasteiger partial charge in [-0.15, -0.1) is 0 Å². The lowest BCUT2D eigenvalue weighted by Crippen LogP contribution is -2.38. The summed E-state index contributed by atoms with van der Waals surface area (Å²) in [4.78, 5) is 2.03. The molecule has 80 valence electrons. The molecule has 0 aromatic rings. The van der Waals surface area contributed by atoms with E-state index in [0.717, 1.165) is 25.9 Å². The molecular formula is C9H16N2O2S. The molecule has 1 aliphatic heterocycles. The van der Waals surface area contributed by atoms with E-state index in [4.69, 9.17) is 5.26 Å². The predicted molar refractivity (Wildman–Crippen MR) is 54.5 cm³/mol. The molecule has 1 rings (SSSR count). The second kappa shape index (κ2) is 4.76. The van der Waals surface area contributed by atoms with Crippen molar-refractivity contribution in [1.29, 1.82) is 5.26 Å². The van der Waals surface area contributed by atoms with Gasteiger partial charge in [0.2, 0.25) is 0 Å². The lowest BCUT2D eigenvalue weighted by Gasteiger charge is -2.30. The molecule has 1 fully saturated rings. The summed E-state index contributed by atoms with van der Waals surface area (Å²) in [7, 11) is -2.87. The van der Waals surface area contributed by atoms with E-state index in [1.54, 1.807) is 0 Å². The minimum absolute atomic E-state index is 0.215. The van der Waals surface area contributed by atoms with Gasteiger partial charge in [0.1, 0.15) is 9.84 Å². The van der Waals surface area contributed by atoms with Crippen LogP contribution in [0.4, 0.5) is 0 Å². The first-order chi connectivity index (χ1) is 6.51. The van der Waals surface area contributed by atoms with Gasteiger partial charge in [-0.05, 0) is 25.3 Å². The predicted octanol–water partition coefficient (Wildman–Crippen LogP) is 0.267. The van der Waals surface area contributed by atoms with Crippen molar-refractivity contribution in [2.45, 2.75) is 12.8 Å². The molecule has 0 radical (unpaired) electrons. The van der Waals surface area contributed by atoms with Crippen molar-refractivity contribution in [2.75, 3.05) is 31.6 Å². The van der Waals surface area contributed by atoms with E-state index < -0.39 is 9.84 Å². The Morgan fingerprint density at radius 2 is 2.29 bits per heavy atom. The van der Waals surface area contributed by atoms with Crippen molar-refractivity contribution >= 4 is 9.84 Å². The van der Waals surface area contributed by atoms with Crippen LogP contribution in [-0.2, 0) is 9.84 Å². The number of nitriles is 1. The standard InChI is InChI=1S/C9H16N2O2S/c1-14(12,13)8-9-3-2-5-11(7-9)6-4-10/h9H,2-3,5-8H2,1H3. The molecule has 1 aliphatic rings. The van der Waals surface area contributed by atoms with Gasteiger partial charge in [-0.2, -0.15) is 5.26 Å². The van der Waals surface area contributed by atoms with Crippen molar-refractivity contribution < 1.29 is 8.42 Å². The maximum atomic E-state index is 11.1. The average Bonchev–Trinajstić information content (AvgIpc) is 2.02. The van der Waals surface area contributed by atoms with E-state index in [9.17, 15) is 8.42 Å². The van der Waals surface area contributed by atoms with E-state index in [0.29, 0.717) is 6.54 Å². The molecule has 1 heterocycles. The summed E-state index contributed by atoms with van der Waals surface area (Å²) < 4.78 is 22.2. The van der Waals surface area contributed by atoms with E-state index in [1.165, 1.54) is 6.26 Å². The molecule has 5 heteroatoms. The first kappa shape index (κ1) is 11.5. The van der Waals surface area contributed by atoms with Crippen LogP contribution in [0.25, 0.3) is 0 Å². The Hall–Kier alpha value is -0.600. The topological polar surface area (TPSA) is 61.2 Å². The van der Waals surface area contributed by atoms with Gasteiger partial charge in [0, 0.05) is 12.8 Å². The first-order valence-electron chi connectivity index (χ1n) is 4.78. The van der Waals surface area contributed by atoms with Gasteiger partial charge in [0.15, 0.2) is 0 Å². The fourth-order valence-corrected chi connectivity index (χ4v) is 3.09. The van der Waals surface area contributed by atoms with Gasteiger partial charge >= 0.3 is 0 Å². The molecular weight excluding hydrogens is 200 g/mol. The van der Waals surface area contributed by atoms with E-state index >= 15 is 0 Å². The summed E-state index contributed by atoms with van der Waals surface area (Å²) in [6, 6.07) is 2.10. The zero-order valence-electron chi connectivity index (χ0n) is 8.44. The van der Waals surface area contributed by atoms with Crippen molar-refractivity contribution in [1.82, 2.24) is 4.90 Å². The van der Waals surface area contributed by atoms with Gasteiger partial charge < -0.3 is 0 Å². The fraction of sp³-hybridized carbons (Fsp3) is 0.889. The van der Waals surface area contributed by atoms with E-state index in [-0.39, 0.29) is 11.7 Å². The third kappa shape index (κ3) is 4.07. The highest BCUT2D eigenvalue weighted by Gasteiger charge is 2.22. The quantitative estimate of drug-likeness (QED) is 0.635. The summed E-state index contributed by atoms with van der Waals surface area (Å²) in [5.74, 6) is 0.474. The molecule has 0 bridgehead atoms. The third-order valence-electron chi connectivity index (χ3n) is 2.44. The van der Waals surface area contributed by atoms with Crippen LogP contribution in [-0.4, -0.2) is 45.0 Å². The number of hydrogen-bond acceptors (Lipinski definition) is 4. The van der Waals surface area contributed by atoms with Crippen molar-refractivity contribution in [3.63, 3.8) is 0 Å². The van der Waals surface area contributed by atoms with Gasteiger partial charge in [-0.25, -0.2) is 8.42 Å². The second-order valence-electron chi connectivity index (χ2n) is 3.99. The molecule has 1 saturated heterocycles. The molecule has 4 nitrogen and oxygen atoms in total. The van der Waals surface area contributed by atoms with Crippen molar-refractivity contribution in [3.05, 3.63) is 0 Å². The smallest absolute Gasteiger partial charge is 0.147 e. The lowest BCUT2D eigenvalue weighted by atomic mass is 10.0. The summed E-state index contributed by atoms with van der Waals surface area (Å²) in [6.07, 6.45) is 3.24. The molecule has 1 atom stereocenters. The molecule has 0 aliphatic carbocycles. The van der Waals surface area contributed by atoms with Gasteiger partial charge in [0.05, 0.1) is 18.4 Å². The van der Waals surface area contributed by atoms with E-state index in [2.05, 4.69) is 6.07 Å². The first-order valence-corrected chi connectivity index (χ1v) is 6.84. The van der Waals surface area contributed by atoms with Crippen LogP contribution in [0.5, 0.6) is 0 Å². The molecule has 0 aromatic carbocycles. The van der Waals surface area contributed by atoms with E-state index in [1.807, 2.05) is 4.90 Å². The Labute approximate surface area is 85.4 Å². The monoisotopic (exact) mass is 216 g/mol. The summed E-state index contributed by atoms with van der Waals surface area (Å²) in [5.41, 5.74) is 0. The summed E-state index contributed by atoms with van der Waals surface area (Å²) >= 11 is 0. The number of nitrogens with zero attached hydrogens (tertiary/aromatic N) is 2. The second-order valence-corrected chi connectivity index (χ2v) is 6.18. The zero-order valence-corrected chi connectivity index (χ0v) is 9.26. The van der Waals surface area contributed by atoms with Gasteiger partial charge in [0.25, 0.3) is 0 Å². The number of likely N-dealkylation sites (tertiary alicyclic amines) is 1. The molecule has 14 heavy (non-hydrogen) atoms. The molecule has 1 unspecified atom stereocenters.